The monoisotopic (exact) mass is 405 g/mol. The number of aliphatic carboxylic acids is 3. The minimum absolute atomic E-state index is 0. The first-order valence-corrected chi connectivity index (χ1v) is 5.52. The second-order valence-electron chi connectivity index (χ2n) is 2.99. The van der Waals surface area contributed by atoms with Crippen LogP contribution >= 0.6 is 7.82 Å². The van der Waals surface area contributed by atoms with Crippen molar-refractivity contribution < 1.29 is 108 Å². The Morgan fingerprint density at radius 2 is 1.14 bits per heavy atom. The van der Waals surface area contributed by atoms with Gasteiger partial charge in [0.25, 0.3) is 0 Å². The number of hydrogen-bond donors (Lipinski definition) is 8. The van der Waals surface area contributed by atoms with E-state index in [9.17, 15) is 14.4 Å². The molecule has 0 aromatic heterocycles. The van der Waals surface area contributed by atoms with Crippen molar-refractivity contribution in [1.29, 1.82) is 0 Å². The molecule has 0 saturated heterocycles. The Morgan fingerprint density at radius 3 is 1.23 bits per heavy atom. The molecule has 16 heteroatoms. The fourth-order valence-corrected chi connectivity index (χ4v) is 0.714. The molecule has 0 rings (SSSR count). The first-order valence-electron chi connectivity index (χ1n) is 3.95. The summed E-state index contributed by atoms with van der Waals surface area (Å²) in [6.45, 7) is 0. The van der Waals surface area contributed by atoms with Crippen molar-refractivity contribution in [1.82, 2.24) is 6.15 Å². The van der Waals surface area contributed by atoms with Crippen LogP contribution in [0.4, 0.5) is 0 Å². The van der Waals surface area contributed by atoms with Gasteiger partial charge in [0.15, 0.2) is 5.60 Å². The number of rotatable bonds is 5. The van der Waals surface area contributed by atoms with Crippen LogP contribution in [0.2, 0.25) is 0 Å². The molecule has 22 heavy (non-hydrogen) atoms. The average molecular weight is 405 g/mol. The van der Waals surface area contributed by atoms with E-state index in [1.807, 2.05) is 0 Å². The van der Waals surface area contributed by atoms with Gasteiger partial charge >= 0.3 is 55.3 Å². The molecule has 0 saturated carbocycles. The predicted octanol–water partition coefficient (Wildman–Crippen LogP) is -5.73. The number of aliphatic hydroxyl groups is 1. The minimum atomic E-state index is -4.64. The molecule has 0 aromatic carbocycles. The summed E-state index contributed by atoms with van der Waals surface area (Å²) in [4.78, 5) is 52.0. The van der Waals surface area contributed by atoms with E-state index in [1.165, 1.54) is 0 Å². The third-order valence-corrected chi connectivity index (χ3v) is 1.29. The van der Waals surface area contributed by atoms with E-state index in [-0.39, 0.29) is 59.7 Å². The van der Waals surface area contributed by atoms with Gasteiger partial charge in [0, 0.05) is 17.1 Å². The summed E-state index contributed by atoms with van der Waals surface area (Å²) in [5.41, 5.74) is -2.74. The van der Waals surface area contributed by atoms with Gasteiger partial charge < -0.3 is 48.2 Å². The molecule has 12 N–H and O–H groups in total. The molecule has 0 spiro atoms. The molecule has 0 atom stereocenters. The molecule has 0 radical (unpaired) electrons. The van der Waals surface area contributed by atoms with Gasteiger partial charge in [-0.1, -0.05) is 0 Å². The zero-order chi connectivity index (χ0) is 15.1. The standard InChI is InChI=1S/C6H8O7.Fe.H3N.Na.H3O4P.H2O.H/c7-3(8)1-6(13,5(11)12)2-4(9)10;;;;1-5(2,3)4;;/h13H,1-2H2,(H,7,8)(H,9,10)(H,11,12);;1H3;;(H3,1,2,3,4);1H2;/q;;;+1;;;-1. The summed E-state index contributed by atoms with van der Waals surface area (Å²) in [6, 6.07) is 0. The fraction of sp³-hybridized carbons (Fsp3) is 0.500. The van der Waals surface area contributed by atoms with E-state index in [4.69, 9.17) is 39.7 Å². The molecular weight excluding hydrogens is 388 g/mol. The molecule has 0 aliphatic rings. The Morgan fingerprint density at radius 1 is 0.955 bits per heavy atom. The summed E-state index contributed by atoms with van der Waals surface area (Å²) < 4.78 is 8.88. The van der Waals surface area contributed by atoms with E-state index >= 15 is 0 Å². The molecule has 0 unspecified atom stereocenters. The quantitative estimate of drug-likeness (QED) is 0.157. The first kappa shape index (κ1) is 37.9. The summed E-state index contributed by atoms with van der Waals surface area (Å²) in [5.74, 6) is -5.02. The zero-order valence-electron chi connectivity index (χ0n) is 12.2. The van der Waals surface area contributed by atoms with Crippen LogP contribution in [-0.2, 0) is 36.0 Å². The van der Waals surface area contributed by atoms with Gasteiger partial charge in [-0.25, -0.2) is 9.36 Å². The van der Waals surface area contributed by atoms with Crippen molar-refractivity contribution in [3.8, 4) is 0 Å². The van der Waals surface area contributed by atoms with Gasteiger partial charge in [-0.05, 0) is 0 Å². The van der Waals surface area contributed by atoms with Crippen molar-refractivity contribution in [2.75, 3.05) is 0 Å². The average Bonchev–Trinajstić information content (AvgIpc) is 1.95. The second kappa shape index (κ2) is 15.8. The normalized spacial score (nSPS) is 9.09. The van der Waals surface area contributed by atoms with Crippen molar-refractivity contribution in [3.63, 3.8) is 0 Å². The zero-order valence-corrected chi connectivity index (χ0v) is 15.2. The number of hydrogen-bond acceptors (Lipinski definition) is 6. The van der Waals surface area contributed by atoms with Gasteiger partial charge in [0.1, 0.15) is 0 Å². The topological polar surface area (TPSA) is 276 Å². The van der Waals surface area contributed by atoms with Crippen molar-refractivity contribution in [3.05, 3.63) is 0 Å². The number of carboxylic acids is 3. The molecule has 0 heterocycles. The summed E-state index contributed by atoms with van der Waals surface area (Å²) in [7, 11) is -4.64. The molecular formula is C6H17FeNNaO12P. The number of carboxylic acid groups (broad SMARTS) is 3. The fourth-order valence-electron chi connectivity index (χ4n) is 0.714. The molecule has 0 aliphatic carbocycles. The van der Waals surface area contributed by atoms with E-state index in [1.54, 1.807) is 0 Å². The van der Waals surface area contributed by atoms with Crippen LogP contribution in [0.3, 0.4) is 0 Å². The molecule has 132 valence electrons. The van der Waals surface area contributed by atoms with Crippen LogP contribution < -0.4 is 35.7 Å². The summed E-state index contributed by atoms with van der Waals surface area (Å²) in [5, 5.41) is 33.8. The number of phosphoric acid groups is 1. The molecule has 0 fully saturated rings. The first-order chi connectivity index (χ1) is 7.78. The summed E-state index contributed by atoms with van der Waals surface area (Å²) in [6.07, 6.45) is -2.29. The van der Waals surface area contributed by atoms with Gasteiger partial charge in [0.05, 0.1) is 12.8 Å². The van der Waals surface area contributed by atoms with Crippen LogP contribution in [0.25, 0.3) is 0 Å². The summed E-state index contributed by atoms with van der Waals surface area (Å²) >= 11 is 0. The molecule has 0 aromatic rings. The van der Waals surface area contributed by atoms with Crippen LogP contribution in [0.15, 0.2) is 0 Å². The third-order valence-electron chi connectivity index (χ3n) is 1.29. The molecule has 13 nitrogen and oxygen atoms in total. The van der Waals surface area contributed by atoms with Gasteiger partial charge in [-0.2, -0.15) is 0 Å². The van der Waals surface area contributed by atoms with Crippen molar-refractivity contribution >= 4 is 25.7 Å². The van der Waals surface area contributed by atoms with E-state index < -0.39 is 44.2 Å². The molecule has 0 bridgehead atoms. The third kappa shape index (κ3) is 28.1. The van der Waals surface area contributed by atoms with Gasteiger partial charge in [-0.15, -0.1) is 0 Å². The Kier molecular flexibility index (Phi) is 27.2. The van der Waals surface area contributed by atoms with Crippen molar-refractivity contribution in [2.45, 2.75) is 18.4 Å². The van der Waals surface area contributed by atoms with Gasteiger partial charge in [-0.3, -0.25) is 9.59 Å². The second-order valence-corrected chi connectivity index (χ2v) is 4.02. The minimum Gasteiger partial charge on any atom is -1.00 e. The Bertz CT molecular complexity index is 367. The van der Waals surface area contributed by atoms with Crippen LogP contribution in [0.5, 0.6) is 0 Å². The smallest absolute Gasteiger partial charge is 1.00 e. The Hall–Kier alpha value is -0.0805. The largest absolute Gasteiger partial charge is 1.00 e. The predicted molar refractivity (Wildman–Crippen MR) is 61.1 cm³/mol. The van der Waals surface area contributed by atoms with E-state index in [0.717, 1.165) is 0 Å². The van der Waals surface area contributed by atoms with Gasteiger partial charge in [0.2, 0.25) is 0 Å². The number of carbonyl (C=O) groups is 3. The maximum absolute atomic E-state index is 10.3. The Labute approximate surface area is 157 Å². The van der Waals surface area contributed by atoms with E-state index in [2.05, 4.69) is 0 Å². The maximum Gasteiger partial charge on any atom is 1.00 e. The Balaban J connectivity index is -0.0000000455. The van der Waals surface area contributed by atoms with Crippen LogP contribution in [0, 0.1) is 0 Å². The van der Waals surface area contributed by atoms with Crippen LogP contribution in [-0.4, -0.2) is 64.1 Å². The van der Waals surface area contributed by atoms with E-state index in [0.29, 0.717) is 0 Å². The maximum atomic E-state index is 10.3. The molecule has 0 amide bonds. The SMILES string of the molecule is N.O.O=C(O)CC(O)(CC(=O)O)C(=O)O.O=P(O)(O)O.[Fe].[H-].[Na+]. The van der Waals surface area contributed by atoms with Crippen LogP contribution in [0.1, 0.15) is 14.3 Å². The molecule has 0 aliphatic heterocycles. The van der Waals surface area contributed by atoms with Crippen molar-refractivity contribution in [2.24, 2.45) is 0 Å².